The third-order valence-corrected chi connectivity index (χ3v) is 7.32. The van der Waals surface area contributed by atoms with Crippen LogP contribution < -0.4 is 5.32 Å². The fourth-order valence-electron chi connectivity index (χ4n) is 2.79. The highest BCUT2D eigenvalue weighted by Gasteiger charge is 2.31. The highest BCUT2D eigenvalue weighted by molar-refractivity contribution is 7.89. The number of carbonyl (C=O) groups excluding carboxylic acids is 1. The number of benzene rings is 1. The van der Waals surface area contributed by atoms with E-state index < -0.39 is 10.0 Å². The summed E-state index contributed by atoms with van der Waals surface area (Å²) in [4.78, 5) is 18.0. The van der Waals surface area contributed by atoms with Crippen LogP contribution in [0.25, 0.3) is 0 Å². The van der Waals surface area contributed by atoms with Gasteiger partial charge in [0.1, 0.15) is 10.7 Å². The molecule has 0 spiro atoms. The second-order valence-electron chi connectivity index (χ2n) is 6.14. The molecule has 1 aliphatic rings. The van der Waals surface area contributed by atoms with Crippen molar-refractivity contribution in [1.29, 1.82) is 0 Å². The number of anilines is 1. The van der Waals surface area contributed by atoms with E-state index in [9.17, 15) is 13.2 Å². The van der Waals surface area contributed by atoms with Crippen molar-refractivity contribution in [2.24, 2.45) is 0 Å². The van der Waals surface area contributed by atoms with Crippen LogP contribution in [0.1, 0.15) is 0 Å². The van der Waals surface area contributed by atoms with Gasteiger partial charge in [0.25, 0.3) is 0 Å². The molecule has 0 saturated carbocycles. The first-order chi connectivity index (χ1) is 13.3. The molecule has 28 heavy (non-hydrogen) atoms. The van der Waals surface area contributed by atoms with Gasteiger partial charge in [0.15, 0.2) is 0 Å². The Morgan fingerprint density at radius 3 is 2.43 bits per heavy atom. The average Bonchev–Trinajstić information content (AvgIpc) is 2.66. The van der Waals surface area contributed by atoms with E-state index in [1.54, 1.807) is 18.2 Å². The molecule has 0 aliphatic carbocycles. The molecule has 0 atom stereocenters. The van der Waals surface area contributed by atoms with Crippen molar-refractivity contribution < 1.29 is 13.2 Å². The number of amides is 1. The number of rotatable bonds is 5. The topological polar surface area (TPSA) is 82.6 Å². The van der Waals surface area contributed by atoms with E-state index in [-0.39, 0.29) is 40.5 Å². The van der Waals surface area contributed by atoms with Crippen LogP contribution in [0.2, 0.25) is 15.1 Å². The number of pyridine rings is 1. The highest BCUT2D eigenvalue weighted by Crippen LogP contribution is 2.31. The summed E-state index contributed by atoms with van der Waals surface area (Å²) in [5.41, 5.74) is 0. The Balaban J connectivity index is 1.57. The Morgan fingerprint density at radius 1 is 1.07 bits per heavy atom. The molecule has 0 bridgehead atoms. The number of halogens is 3. The molecule has 2 aromatic rings. The van der Waals surface area contributed by atoms with E-state index in [4.69, 9.17) is 34.8 Å². The van der Waals surface area contributed by atoms with E-state index in [1.165, 1.54) is 22.6 Å². The molecule has 1 amide bonds. The van der Waals surface area contributed by atoms with Crippen LogP contribution in [0.4, 0.5) is 5.82 Å². The highest BCUT2D eigenvalue weighted by atomic mass is 35.5. The lowest BCUT2D eigenvalue weighted by atomic mass is 10.3. The van der Waals surface area contributed by atoms with Crippen LogP contribution in [0.3, 0.4) is 0 Å². The summed E-state index contributed by atoms with van der Waals surface area (Å²) in [6.07, 6.45) is 1.45. The van der Waals surface area contributed by atoms with Crippen LogP contribution in [0.15, 0.2) is 41.4 Å². The third-order valence-electron chi connectivity index (χ3n) is 4.23. The molecule has 0 unspecified atom stereocenters. The van der Waals surface area contributed by atoms with Gasteiger partial charge >= 0.3 is 0 Å². The molecular weight excluding hydrogens is 447 g/mol. The molecule has 11 heteroatoms. The molecule has 1 N–H and O–H groups in total. The minimum atomic E-state index is -3.75. The lowest BCUT2D eigenvalue weighted by Gasteiger charge is -2.33. The number of aromatic nitrogens is 1. The lowest BCUT2D eigenvalue weighted by molar-refractivity contribution is -0.117. The van der Waals surface area contributed by atoms with Gasteiger partial charge in [-0.05, 0) is 24.3 Å². The van der Waals surface area contributed by atoms with Crippen LogP contribution in [-0.2, 0) is 14.8 Å². The summed E-state index contributed by atoms with van der Waals surface area (Å²) < 4.78 is 27.0. The maximum Gasteiger partial charge on any atom is 0.244 e. The van der Waals surface area contributed by atoms with Gasteiger partial charge in [0.2, 0.25) is 15.9 Å². The third kappa shape index (κ3) is 4.94. The maximum absolute atomic E-state index is 12.8. The Labute approximate surface area is 178 Å². The zero-order chi connectivity index (χ0) is 20.3. The van der Waals surface area contributed by atoms with E-state index in [0.717, 1.165) is 0 Å². The fourth-order valence-corrected chi connectivity index (χ4v) is 5.06. The first-order valence-corrected chi connectivity index (χ1v) is 10.9. The van der Waals surface area contributed by atoms with Gasteiger partial charge in [-0.3, -0.25) is 9.69 Å². The van der Waals surface area contributed by atoms with Crippen LogP contribution in [0, 0.1) is 0 Å². The molecular formula is C17H17Cl3N4O3S. The normalized spacial score (nSPS) is 16.1. The van der Waals surface area contributed by atoms with Gasteiger partial charge in [-0.15, -0.1) is 0 Å². The Hall–Kier alpha value is -1.42. The number of hydrogen-bond donors (Lipinski definition) is 1. The SMILES string of the molecule is O=C(CN1CCN(S(=O)(=O)c2cccc(Cl)c2Cl)CC1)Nc1ccc(Cl)cn1. The zero-order valence-corrected chi connectivity index (χ0v) is 17.7. The Bertz CT molecular complexity index is 962. The first-order valence-electron chi connectivity index (χ1n) is 8.35. The van der Waals surface area contributed by atoms with Crippen molar-refractivity contribution >= 4 is 56.6 Å². The zero-order valence-electron chi connectivity index (χ0n) is 14.6. The van der Waals surface area contributed by atoms with E-state index in [2.05, 4.69) is 10.3 Å². The number of nitrogens with zero attached hydrogens (tertiary/aromatic N) is 3. The van der Waals surface area contributed by atoms with Crippen molar-refractivity contribution in [3.8, 4) is 0 Å². The molecule has 150 valence electrons. The number of hydrogen-bond acceptors (Lipinski definition) is 5. The number of nitrogens with one attached hydrogen (secondary N) is 1. The first kappa shape index (κ1) is 21.3. The van der Waals surface area contributed by atoms with Crippen molar-refractivity contribution in [2.45, 2.75) is 4.90 Å². The second kappa shape index (κ2) is 8.94. The molecule has 1 fully saturated rings. The molecule has 2 heterocycles. The summed E-state index contributed by atoms with van der Waals surface area (Å²) in [7, 11) is -3.75. The number of piperazine rings is 1. The maximum atomic E-state index is 12.8. The summed E-state index contributed by atoms with van der Waals surface area (Å²) in [6.45, 7) is 1.46. The molecule has 0 radical (unpaired) electrons. The van der Waals surface area contributed by atoms with Gasteiger partial charge in [-0.2, -0.15) is 4.31 Å². The van der Waals surface area contributed by atoms with Crippen LogP contribution in [-0.4, -0.2) is 61.2 Å². The van der Waals surface area contributed by atoms with Crippen molar-refractivity contribution in [3.05, 3.63) is 51.6 Å². The van der Waals surface area contributed by atoms with Gasteiger partial charge < -0.3 is 5.32 Å². The molecule has 1 saturated heterocycles. The predicted molar refractivity (Wildman–Crippen MR) is 110 cm³/mol. The van der Waals surface area contributed by atoms with Gasteiger partial charge in [-0.1, -0.05) is 40.9 Å². The van der Waals surface area contributed by atoms with Crippen molar-refractivity contribution in [3.63, 3.8) is 0 Å². The van der Waals surface area contributed by atoms with Gasteiger partial charge in [0.05, 0.1) is 21.6 Å². The molecule has 3 rings (SSSR count). The van der Waals surface area contributed by atoms with Crippen LogP contribution >= 0.6 is 34.8 Å². The quantitative estimate of drug-likeness (QED) is 0.737. The Morgan fingerprint density at radius 2 is 1.79 bits per heavy atom. The van der Waals surface area contributed by atoms with E-state index in [1.807, 2.05) is 4.90 Å². The summed E-state index contributed by atoms with van der Waals surface area (Å²) >= 11 is 17.8. The van der Waals surface area contributed by atoms with Crippen LogP contribution in [0.5, 0.6) is 0 Å². The van der Waals surface area contributed by atoms with Gasteiger partial charge in [-0.25, -0.2) is 13.4 Å². The standard InChI is InChI=1S/C17H17Cl3N4O3S/c18-12-4-5-15(21-10-12)22-16(25)11-23-6-8-24(9-7-23)28(26,27)14-3-1-2-13(19)17(14)20/h1-5,10H,6-9,11H2,(H,21,22,25). The monoisotopic (exact) mass is 462 g/mol. The summed E-state index contributed by atoms with van der Waals surface area (Å²) in [6, 6.07) is 7.76. The molecule has 1 aromatic carbocycles. The lowest BCUT2D eigenvalue weighted by Crippen LogP contribution is -2.50. The number of sulfonamides is 1. The minimum Gasteiger partial charge on any atom is -0.310 e. The minimum absolute atomic E-state index is 0.0123. The number of carbonyl (C=O) groups is 1. The second-order valence-corrected chi connectivity index (χ2v) is 9.27. The largest absolute Gasteiger partial charge is 0.310 e. The molecule has 1 aliphatic heterocycles. The molecule has 1 aromatic heterocycles. The average molecular weight is 464 g/mol. The fraction of sp³-hybridized carbons (Fsp3) is 0.294. The van der Waals surface area contributed by atoms with Gasteiger partial charge in [0, 0.05) is 32.4 Å². The predicted octanol–water partition coefficient (Wildman–Crippen LogP) is 2.99. The van der Waals surface area contributed by atoms with E-state index in [0.29, 0.717) is 23.9 Å². The van der Waals surface area contributed by atoms with Crippen molar-refractivity contribution in [1.82, 2.24) is 14.2 Å². The Kier molecular flexibility index (Phi) is 6.80. The summed E-state index contributed by atoms with van der Waals surface area (Å²) in [5, 5.41) is 3.37. The van der Waals surface area contributed by atoms with Crippen molar-refractivity contribution in [2.75, 3.05) is 38.0 Å². The van der Waals surface area contributed by atoms with E-state index >= 15 is 0 Å². The summed E-state index contributed by atoms with van der Waals surface area (Å²) in [5.74, 6) is 0.176. The molecule has 7 nitrogen and oxygen atoms in total. The smallest absolute Gasteiger partial charge is 0.244 e.